The van der Waals surface area contributed by atoms with Gasteiger partial charge in [0.1, 0.15) is 24.2 Å². The minimum Gasteiger partial charge on any atom is -0.370 e. The van der Waals surface area contributed by atoms with E-state index in [4.69, 9.17) is 22.9 Å². The number of aliphatic imine (C=N–C) groups is 1. The first-order chi connectivity index (χ1) is 22.4. The van der Waals surface area contributed by atoms with Crippen LogP contribution < -0.4 is 33.6 Å². The number of hydrogen-bond acceptors (Lipinski definition) is 7. The van der Waals surface area contributed by atoms with Crippen LogP contribution in [0.3, 0.4) is 0 Å². The van der Waals surface area contributed by atoms with Crippen LogP contribution in [0.5, 0.6) is 0 Å². The fourth-order valence-corrected chi connectivity index (χ4v) is 7.18. The predicted molar refractivity (Wildman–Crippen MR) is 177 cm³/mol. The number of aryl methyl sites for hydroxylation is 1. The molecule has 3 aliphatic rings. The minimum atomic E-state index is -0.982. The van der Waals surface area contributed by atoms with E-state index < -0.39 is 47.9 Å². The molecule has 0 radical (unpaired) electrons. The van der Waals surface area contributed by atoms with E-state index in [0.29, 0.717) is 45.2 Å². The molecule has 1 aromatic carbocycles. The van der Waals surface area contributed by atoms with Crippen LogP contribution in [0.1, 0.15) is 75.8 Å². The Morgan fingerprint density at radius 1 is 0.957 bits per heavy atom. The van der Waals surface area contributed by atoms with Crippen molar-refractivity contribution in [2.24, 2.45) is 33.8 Å². The van der Waals surface area contributed by atoms with Crippen molar-refractivity contribution in [1.29, 1.82) is 0 Å². The van der Waals surface area contributed by atoms with Gasteiger partial charge in [-0.2, -0.15) is 0 Å². The Labute approximate surface area is 276 Å². The summed E-state index contributed by atoms with van der Waals surface area (Å²) in [7, 11) is 0. The van der Waals surface area contributed by atoms with Gasteiger partial charge in [0.2, 0.25) is 29.5 Å². The smallest absolute Gasteiger partial charge is 0.246 e. The van der Waals surface area contributed by atoms with E-state index in [0.717, 1.165) is 36.8 Å². The highest BCUT2D eigenvalue weighted by Crippen LogP contribution is 2.41. The average Bonchev–Trinajstić information content (AvgIpc) is 3.68. The van der Waals surface area contributed by atoms with Crippen LogP contribution in [0, 0.1) is 12.8 Å². The fraction of sp³-hybridized carbons (Fsp3) is 0.636. The number of carbonyl (C=O) groups is 5. The van der Waals surface area contributed by atoms with Crippen molar-refractivity contribution in [1.82, 2.24) is 20.4 Å². The number of nitrogens with two attached hydrogens (primary N) is 4. The zero-order valence-electron chi connectivity index (χ0n) is 27.5. The Bertz CT molecular complexity index is 1330. The van der Waals surface area contributed by atoms with Crippen LogP contribution in [0.4, 0.5) is 0 Å². The summed E-state index contributed by atoms with van der Waals surface area (Å²) in [4.78, 5) is 73.8. The Kier molecular flexibility index (Phi) is 12.2. The third-order valence-electron chi connectivity index (χ3n) is 9.72. The lowest BCUT2D eigenvalue weighted by atomic mass is 9.84. The highest BCUT2D eigenvalue weighted by atomic mass is 16.2. The molecule has 4 rings (SSSR count). The Hall–Kier alpha value is -4.20. The van der Waals surface area contributed by atoms with E-state index in [1.807, 2.05) is 31.2 Å². The second kappa shape index (κ2) is 16.1. The monoisotopic (exact) mass is 653 g/mol. The Balaban J connectivity index is 1.40. The van der Waals surface area contributed by atoms with Crippen molar-refractivity contribution in [2.75, 3.05) is 13.1 Å². The van der Waals surface area contributed by atoms with E-state index >= 15 is 0 Å². The first kappa shape index (κ1) is 35.7. The minimum absolute atomic E-state index is 0.0210. The molecule has 10 N–H and O–H groups in total. The van der Waals surface area contributed by atoms with Crippen LogP contribution in [-0.2, 0) is 30.4 Å². The van der Waals surface area contributed by atoms with Crippen LogP contribution in [0.25, 0.3) is 0 Å². The summed E-state index contributed by atoms with van der Waals surface area (Å²) >= 11 is 0. The number of primary amides is 1. The summed E-state index contributed by atoms with van der Waals surface area (Å²) in [6, 6.07) is 3.26. The third kappa shape index (κ3) is 8.99. The number of amides is 5. The zero-order valence-corrected chi connectivity index (χ0v) is 27.5. The van der Waals surface area contributed by atoms with Gasteiger partial charge in [0.05, 0.1) is 6.04 Å². The standard InChI is InChI=1S/C33H51N9O5/c1-19-11-13-21(14-12-19)17-24(28(35)43)40-29(44)20(2)39-30(45)26-10-6-16-41(26)32(47)27-18-22-7-3-4-9-25(22)42(27)31(46)23(34)8-5-15-38-33(36)37/h11-14,20,22-27H,3-10,15-18,34H2,1-2H3,(H2,35,43)(H,39,45)(H,40,44)(H4,36,37,38)/t20-,22?,23-,24+,25?,26+,27+/m1/s1. The number of guanidine groups is 1. The molecule has 0 bridgehead atoms. The van der Waals surface area contributed by atoms with Crippen molar-refractivity contribution in [2.45, 2.75) is 114 Å². The van der Waals surface area contributed by atoms with Gasteiger partial charge in [-0.3, -0.25) is 29.0 Å². The number of fused-ring (bicyclic) bond motifs is 1. The maximum absolute atomic E-state index is 14.1. The molecule has 1 aromatic rings. The first-order valence-corrected chi connectivity index (χ1v) is 16.8. The molecule has 258 valence electrons. The second-order valence-corrected chi connectivity index (χ2v) is 13.2. The van der Waals surface area contributed by atoms with E-state index in [1.165, 1.54) is 6.92 Å². The summed E-state index contributed by atoms with van der Waals surface area (Å²) in [5, 5.41) is 5.38. The largest absolute Gasteiger partial charge is 0.370 e. The Morgan fingerprint density at radius 3 is 2.34 bits per heavy atom. The first-order valence-electron chi connectivity index (χ1n) is 16.8. The van der Waals surface area contributed by atoms with Gasteiger partial charge in [0.25, 0.3) is 0 Å². The molecule has 5 amide bonds. The van der Waals surface area contributed by atoms with Gasteiger partial charge in [-0.25, -0.2) is 0 Å². The molecule has 0 spiro atoms. The molecule has 1 aliphatic carbocycles. The average molecular weight is 654 g/mol. The van der Waals surface area contributed by atoms with Gasteiger partial charge in [0.15, 0.2) is 5.96 Å². The molecular weight excluding hydrogens is 602 g/mol. The number of benzene rings is 1. The number of nitrogens with zero attached hydrogens (tertiary/aromatic N) is 3. The summed E-state index contributed by atoms with van der Waals surface area (Å²) in [6.07, 6.45) is 6.47. The van der Waals surface area contributed by atoms with Gasteiger partial charge in [-0.1, -0.05) is 42.7 Å². The Morgan fingerprint density at radius 2 is 1.66 bits per heavy atom. The van der Waals surface area contributed by atoms with Crippen molar-refractivity contribution in [3.05, 3.63) is 35.4 Å². The van der Waals surface area contributed by atoms with Crippen molar-refractivity contribution in [3.63, 3.8) is 0 Å². The highest BCUT2D eigenvalue weighted by Gasteiger charge is 2.51. The van der Waals surface area contributed by atoms with E-state index in [-0.39, 0.29) is 36.2 Å². The maximum Gasteiger partial charge on any atom is 0.246 e. The number of nitrogens with one attached hydrogen (secondary N) is 2. The molecule has 1 saturated carbocycles. The molecule has 14 heteroatoms. The summed E-state index contributed by atoms with van der Waals surface area (Å²) in [5.74, 6) is -2.05. The van der Waals surface area contributed by atoms with Gasteiger partial charge in [-0.15, -0.1) is 0 Å². The molecule has 47 heavy (non-hydrogen) atoms. The van der Waals surface area contributed by atoms with Crippen molar-refractivity contribution >= 4 is 35.5 Å². The van der Waals surface area contributed by atoms with E-state index in [2.05, 4.69) is 15.6 Å². The van der Waals surface area contributed by atoms with Crippen LogP contribution >= 0.6 is 0 Å². The van der Waals surface area contributed by atoms with Gasteiger partial charge < -0.3 is 43.4 Å². The molecule has 0 aromatic heterocycles. The number of likely N-dealkylation sites (tertiary alicyclic amines) is 2. The quantitative estimate of drug-likeness (QED) is 0.0924. The molecule has 3 fully saturated rings. The van der Waals surface area contributed by atoms with Crippen molar-refractivity contribution < 1.29 is 24.0 Å². The van der Waals surface area contributed by atoms with Gasteiger partial charge >= 0.3 is 0 Å². The summed E-state index contributed by atoms with van der Waals surface area (Å²) in [6.45, 7) is 4.20. The number of rotatable bonds is 13. The molecule has 2 aliphatic heterocycles. The summed E-state index contributed by atoms with van der Waals surface area (Å²) in [5.41, 5.74) is 24.6. The molecule has 7 atom stereocenters. The maximum atomic E-state index is 14.1. The fourth-order valence-electron chi connectivity index (χ4n) is 7.18. The topological polar surface area (TPSA) is 232 Å². The SMILES string of the molecule is Cc1ccc(C[C@H](NC(=O)[C@@H](C)NC(=O)[C@@H]2CCCN2C(=O)[C@@H]2CC3CCCCC3N2C(=O)[C@H](N)CCCN=C(N)N)C(N)=O)cc1. The normalized spacial score (nSPS) is 24.1. The molecule has 2 heterocycles. The lowest BCUT2D eigenvalue weighted by molar-refractivity contribution is -0.149. The molecule has 2 saturated heterocycles. The van der Waals surface area contributed by atoms with Crippen LogP contribution in [0.2, 0.25) is 0 Å². The van der Waals surface area contributed by atoms with E-state index in [9.17, 15) is 24.0 Å². The predicted octanol–water partition coefficient (Wildman–Crippen LogP) is -0.456. The zero-order chi connectivity index (χ0) is 34.2. The van der Waals surface area contributed by atoms with E-state index in [1.54, 1.807) is 9.80 Å². The third-order valence-corrected chi connectivity index (χ3v) is 9.72. The van der Waals surface area contributed by atoms with Gasteiger partial charge in [-0.05, 0) is 70.3 Å². The second-order valence-electron chi connectivity index (χ2n) is 13.2. The molecular formula is C33H51N9O5. The van der Waals surface area contributed by atoms with Gasteiger partial charge in [0, 0.05) is 25.6 Å². The van der Waals surface area contributed by atoms with Crippen molar-refractivity contribution in [3.8, 4) is 0 Å². The number of carbonyl (C=O) groups excluding carboxylic acids is 5. The molecule has 2 unspecified atom stereocenters. The number of hydrogen-bond donors (Lipinski definition) is 6. The lowest BCUT2D eigenvalue weighted by Crippen LogP contribution is -2.58. The van der Waals surface area contributed by atoms with Crippen LogP contribution in [0.15, 0.2) is 29.3 Å². The highest BCUT2D eigenvalue weighted by molar-refractivity contribution is 5.96. The molecule has 14 nitrogen and oxygen atoms in total. The lowest BCUT2D eigenvalue weighted by Gasteiger charge is -2.37. The summed E-state index contributed by atoms with van der Waals surface area (Å²) < 4.78 is 0. The van der Waals surface area contributed by atoms with Crippen LogP contribution in [-0.4, -0.2) is 94.6 Å².